The number of carbonyl (C=O) groups is 1. The van der Waals surface area contributed by atoms with Crippen molar-refractivity contribution in [3.05, 3.63) is 101 Å². The highest BCUT2D eigenvalue weighted by Crippen LogP contribution is 2.33. The molecule has 1 aliphatic heterocycles. The van der Waals surface area contributed by atoms with Gasteiger partial charge in [0.1, 0.15) is 35.6 Å². The van der Waals surface area contributed by atoms with Gasteiger partial charge in [-0.1, -0.05) is 61.5 Å². The van der Waals surface area contributed by atoms with Crippen molar-refractivity contribution in [3.8, 4) is 22.6 Å². The lowest BCUT2D eigenvalue weighted by molar-refractivity contribution is -0.311. The lowest BCUT2D eigenvalue weighted by Gasteiger charge is -2.47. The number of nitrogens with one attached hydrogen (secondary N) is 2. The Morgan fingerprint density at radius 1 is 1.10 bits per heavy atom. The van der Waals surface area contributed by atoms with Crippen LogP contribution in [0.25, 0.3) is 28.2 Å². The first kappa shape index (κ1) is 38.0. The molecule has 276 valence electrons. The Kier molecular flexibility index (Phi) is 12.3. The second kappa shape index (κ2) is 16.8. The van der Waals surface area contributed by atoms with Crippen LogP contribution in [-0.4, -0.2) is 94.3 Å². The number of benzene rings is 3. The Labute approximate surface area is 299 Å². The van der Waals surface area contributed by atoms with Gasteiger partial charge in [0.15, 0.2) is 23.1 Å². The van der Waals surface area contributed by atoms with Crippen LogP contribution in [0, 0.1) is 11.8 Å². The second-order valence-electron chi connectivity index (χ2n) is 12.9. The number of nitrogens with zero attached hydrogens (tertiary/aromatic N) is 1. The molecule has 0 spiro atoms. The molecule has 1 aromatic heterocycles. The fourth-order valence-electron chi connectivity index (χ4n) is 6.02. The number of phenolic OH excluding ortho intramolecular Hbond substituents is 1. The maximum atomic E-state index is 13.3. The van der Waals surface area contributed by atoms with E-state index in [2.05, 4.69) is 28.6 Å². The summed E-state index contributed by atoms with van der Waals surface area (Å²) in [5.74, 6) is -1.21. The molecular weight excluding hydrogens is 672 g/mol. The minimum absolute atomic E-state index is 0.0272. The molecule has 9 N–H and O–H groups in total. The predicted molar refractivity (Wildman–Crippen MR) is 195 cm³/mol. The molecule has 4 aromatic rings. The number of phenols is 1. The normalized spacial score (nSPS) is 23.4. The average Bonchev–Trinajstić information content (AvgIpc) is 3.14. The molecule has 0 amide bonds. The van der Waals surface area contributed by atoms with Crippen molar-refractivity contribution in [1.29, 1.82) is 0 Å². The van der Waals surface area contributed by atoms with Gasteiger partial charge in [-0.3, -0.25) is 9.79 Å². The summed E-state index contributed by atoms with van der Waals surface area (Å²) in [6.07, 6.45) is -1.62. The van der Waals surface area contributed by atoms with Gasteiger partial charge in [0.25, 0.3) is 0 Å². The molecule has 0 radical (unpaired) electrons. The molecule has 1 fully saturated rings. The zero-order valence-corrected chi connectivity index (χ0v) is 28.8. The van der Waals surface area contributed by atoms with Gasteiger partial charge in [0.2, 0.25) is 6.29 Å². The van der Waals surface area contributed by atoms with E-state index in [9.17, 15) is 35.1 Å². The molecule has 14 heteroatoms. The molecule has 0 saturated carbocycles. The third-order valence-electron chi connectivity index (χ3n) is 9.26. The third-order valence-corrected chi connectivity index (χ3v) is 9.26. The van der Waals surface area contributed by atoms with Gasteiger partial charge in [-0.15, -0.1) is 0 Å². The van der Waals surface area contributed by atoms with E-state index in [-0.39, 0.29) is 57.8 Å². The molecule has 1 saturated heterocycles. The van der Waals surface area contributed by atoms with E-state index in [4.69, 9.17) is 19.6 Å². The fourth-order valence-corrected chi connectivity index (χ4v) is 6.02. The third kappa shape index (κ3) is 8.78. The highest BCUT2D eigenvalue weighted by molar-refractivity contribution is 5.82. The summed E-state index contributed by atoms with van der Waals surface area (Å²) in [7, 11) is 1.57. The quantitative estimate of drug-likeness (QED) is 0.0693. The Bertz CT molecular complexity index is 1930. The molecule has 14 nitrogen and oxygen atoms in total. The highest BCUT2D eigenvalue weighted by atomic mass is 16.7. The van der Waals surface area contributed by atoms with E-state index in [1.807, 2.05) is 36.4 Å². The number of aromatic hydroxyl groups is 1. The largest absolute Gasteiger partial charge is 0.508 e. The number of aliphatic imine (C=N–C) groups is 1. The molecule has 7 atom stereocenters. The standard InChI is InChI=1S/C38H44N4O10/c1-22(7-6-10-23-8-4-3-5-9-23)25(19-42-37(39)40-2)18-41-21-38(49)34(46)32(45)33(35(47)48)52-36(38)51-27-15-16-28-30(17-27)50-20-29(31(28)44)24-11-13-26(43)14-12-24/h3-6,8-17,20,22,25,32-34,36,41,43,45-46,49H,7,18-19,21H2,1-2H3,(H,47,48)(H3,39,40,42). The Hall–Kier alpha value is -5.25. The van der Waals surface area contributed by atoms with E-state index in [1.54, 1.807) is 19.2 Å². The van der Waals surface area contributed by atoms with Crippen LogP contribution in [0.15, 0.2) is 99.3 Å². The summed E-state index contributed by atoms with van der Waals surface area (Å²) in [6, 6.07) is 20.2. The number of ether oxygens (including phenoxy) is 2. The van der Waals surface area contributed by atoms with Gasteiger partial charge in [-0.25, -0.2) is 4.79 Å². The van der Waals surface area contributed by atoms with Crippen LogP contribution >= 0.6 is 0 Å². The van der Waals surface area contributed by atoms with Crippen LogP contribution in [0.5, 0.6) is 11.5 Å². The van der Waals surface area contributed by atoms with Gasteiger partial charge >= 0.3 is 5.97 Å². The van der Waals surface area contributed by atoms with E-state index in [0.29, 0.717) is 25.1 Å². The Morgan fingerprint density at radius 2 is 1.83 bits per heavy atom. The molecule has 5 rings (SSSR count). The van der Waals surface area contributed by atoms with Crippen molar-refractivity contribution in [2.75, 3.05) is 26.7 Å². The number of fused-ring (bicyclic) bond motifs is 1. The number of carboxylic acid groups (broad SMARTS) is 1. The smallest absolute Gasteiger partial charge is 0.335 e. The second-order valence-corrected chi connectivity index (χ2v) is 12.9. The molecule has 0 aliphatic carbocycles. The molecule has 52 heavy (non-hydrogen) atoms. The maximum absolute atomic E-state index is 13.3. The van der Waals surface area contributed by atoms with E-state index < -0.39 is 36.2 Å². The number of hydrogen-bond acceptors (Lipinski definition) is 11. The van der Waals surface area contributed by atoms with Gasteiger partial charge in [0.05, 0.1) is 10.9 Å². The summed E-state index contributed by atoms with van der Waals surface area (Å²) in [5, 5.41) is 59.5. The molecule has 2 heterocycles. The lowest BCUT2D eigenvalue weighted by atomic mass is 9.85. The number of carboxylic acids is 1. The average molecular weight is 717 g/mol. The molecule has 7 unspecified atom stereocenters. The minimum atomic E-state index is -2.35. The first-order valence-corrected chi connectivity index (χ1v) is 16.8. The topological polar surface area (TPSA) is 229 Å². The lowest BCUT2D eigenvalue weighted by Crippen LogP contribution is -2.71. The monoisotopic (exact) mass is 716 g/mol. The van der Waals surface area contributed by atoms with Crippen LogP contribution in [0.4, 0.5) is 0 Å². The number of guanidine groups is 1. The van der Waals surface area contributed by atoms with Crippen LogP contribution in [-0.2, 0) is 9.53 Å². The number of rotatable bonds is 14. The molecule has 3 aromatic carbocycles. The summed E-state index contributed by atoms with van der Waals surface area (Å²) < 4.78 is 17.3. The van der Waals surface area contributed by atoms with E-state index >= 15 is 0 Å². The SMILES string of the molecule is CN=C(N)NCC(CNCC1(O)C(Oc2ccc3c(=O)c(-c4ccc(O)cc4)coc3c2)OC(C(=O)O)C(O)C1O)C(C)CC=Cc1ccccc1. The van der Waals surface area contributed by atoms with Gasteiger partial charge in [-0.2, -0.15) is 0 Å². The zero-order valence-electron chi connectivity index (χ0n) is 28.8. The van der Waals surface area contributed by atoms with Crippen molar-refractivity contribution in [2.24, 2.45) is 22.6 Å². The van der Waals surface area contributed by atoms with Crippen LogP contribution in [0.1, 0.15) is 18.9 Å². The van der Waals surface area contributed by atoms with Crippen molar-refractivity contribution in [3.63, 3.8) is 0 Å². The van der Waals surface area contributed by atoms with E-state index in [0.717, 1.165) is 5.56 Å². The van der Waals surface area contributed by atoms with Crippen LogP contribution < -0.4 is 26.5 Å². The summed E-state index contributed by atoms with van der Waals surface area (Å²) >= 11 is 0. The Morgan fingerprint density at radius 3 is 2.52 bits per heavy atom. The first-order valence-electron chi connectivity index (χ1n) is 16.8. The van der Waals surface area contributed by atoms with Crippen molar-refractivity contribution >= 4 is 29.0 Å². The number of nitrogens with two attached hydrogens (primary N) is 1. The Balaban J connectivity index is 1.35. The molecular formula is C38H44N4O10. The summed E-state index contributed by atoms with van der Waals surface area (Å²) in [6.45, 7) is 2.42. The van der Waals surface area contributed by atoms with Crippen molar-refractivity contribution in [1.82, 2.24) is 10.6 Å². The molecule has 0 bridgehead atoms. The van der Waals surface area contributed by atoms with Gasteiger partial charge in [0, 0.05) is 32.7 Å². The van der Waals surface area contributed by atoms with Gasteiger partial charge < -0.3 is 55.8 Å². The summed E-state index contributed by atoms with van der Waals surface area (Å²) in [5.41, 5.74) is 5.19. The maximum Gasteiger partial charge on any atom is 0.335 e. The summed E-state index contributed by atoms with van der Waals surface area (Å²) in [4.78, 5) is 29.2. The molecule has 1 aliphatic rings. The van der Waals surface area contributed by atoms with Crippen LogP contribution in [0.2, 0.25) is 0 Å². The van der Waals surface area contributed by atoms with E-state index in [1.165, 1.54) is 36.6 Å². The number of aliphatic carboxylic acids is 1. The predicted octanol–water partition coefficient (Wildman–Crippen LogP) is 2.29. The van der Waals surface area contributed by atoms with Gasteiger partial charge in [-0.05, 0) is 53.6 Å². The first-order chi connectivity index (χ1) is 24.9. The zero-order chi connectivity index (χ0) is 37.4. The van der Waals surface area contributed by atoms with Crippen LogP contribution in [0.3, 0.4) is 0 Å². The minimum Gasteiger partial charge on any atom is -0.508 e. The fraction of sp³-hybridized carbons (Fsp3) is 0.342. The number of hydrogen-bond donors (Lipinski definition) is 8. The number of allylic oxidation sites excluding steroid dienone is 1. The highest BCUT2D eigenvalue weighted by Gasteiger charge is 2.58. The van der Waals surface area contributed by atoms with Crippen molar-refractivity contribution < 1.29 is 44.2 Å². The number of aliphatic hydroxyl groups excluding tert-OH is 2. The van der Waals surface area contributed by atoms with Crippen molar-refractivity contribution in [2.45, 2.75) is 43.5 Å². The number of aliphatic hydroxyl groups is 3.